The topological polar surface area (TPSA) is 47.0 Å². The lowest BCUT2D eigenvalue weighted by Crippen LogP contribution is -2.03. The van der Waals surface area contributed by atoms with Gasteiger partial charge in [0, 0.05) is 7.05 Å². The summed E-state index contributed by atoms with van der Waals surface area (Å²) in [4.78, 5) is 8.28. The van der Waals surface area contributed by atoms with Crippen molar-refractivity contribution in [3.8, 4) is 5.88 Å². The zero-order valence-corrected chi connectivity index (χ0v) is 11.4. The molecular weight excluding hydrogens is 270 g/mol. The molecule has 0 bridgehead atoms. The smallest absolute Gasteiger partial charge is 0.232 e. The maximum Gasteiger partial charge on any atom is 0.232 e. The van der Waals surface area contributed by atoms with Gasteiger partial charge in [-0.2, -0.15) is 4.98 Å². The highest BCUT2D eigenvalue weighted by atomic mass is 79.9. The number of aromatic nitrogens is 2. The fourth-order valence-corrected chi connectivity index (χ4v) is 1.58. The van der Waals surface area contributed by atoms with Gasteiger partial charge in [0.25, 0.3) is 0 Å². The third kappa shape index (κ3) is 4.35. The molecule has 0 unspecified atom stereocenters. The molecule has 1 heterocycles. The summed E-state index contributed by atoms with van der Waals surface area (Å²) in [5, 5.41) is 2.88. The van der Waals surface area contributed by atoms with E-state index in [0.717, 1.165) is 10.9 Å². The van der Waals surface area contributed by atoms with E-state index < -0.39 is 0 Å². The van der Waals surface area contributed by atoms with Gasteiger partial charge >= 0.3 is 0 Å². The molecule has 0 atom stereocenters. The molecule has 1 aromatic rings. The first-order chi connectivity index (χ1) is 7.77. The van der Waals surface area contributed by atoms with E-state index in [1.807, 2.05) is 0 Å². The summed E-state index contributed by atoms with van der Waals surface area (Å²) in [5.41, 5.74) is 0. The van der Waals surface area contributed by atoms with Crippen molar-refractivity contribution in [1.29, 1.82) is 0 Å². The maximum absolute atomic E-state index is 5.59. The molecule has 0 aliphatic heterocycles. The van der Waals surface area contributed by atoms with Gasteiger partial charge in [0.1, 0.15) is 0 Å². The Labute approximate surface area is 105 Å². The number of nitrogens with one attached hydrogen (secondary N) is 1. The predicted octanol–water partition coefficient (Wildman–Crippen LogP) is 3.24. The van der Waals surface area contributed by atoms with Crippen molar-refractivity contribution in [2.45, 2.75) is 32.6 Å². The Kier molecular flexibility index (Phi) is 6.15. The molecule has 0 spiro atoms. The molecule has 16 heavy (non-hydrogen) atoms. The van der Waals surface area contributed by atoms with Gasteiger partial charge < -0.3 is 10.1 Å². The molecule has 0 radical (unpaired) electrons. The minimum Gasteiger partial charge on any atom is -0.477 e. The van der Waals surface area contributed by atoms with Gasteiger partial charge in [-0.05, 0) is 22.4 Å². The third-order valence-electron chi connectivity index (χ3n) is 2.17. The molecule has 5 heteroatoms. The first-order valence-electron chi connectivity index (χ1n) is 5.61. The van der Waals surface area contributed by atoms with Crippen LogP contribution in [-0.2, 0) is 0 Å². The number of unbranched alkanes of at least 4 members (excludes halogenated alkanes) is 3. The van der Waals surface area contributed by atoms with Crippen molar-refractivity contribution in [2.75, 3.05) is 19.0 Å². The van der Waals surface area contributed by atoms with Crippen LogP contribution in [0.5, 0.6) is 5.88 Å². The minimum absolute atomic E-state index is 0.576. The first kappa shape index (κ1) is 13.2. The number of hydrogen-bond donors (Lipinski definition) is 1. The lowest BCUT2D eigenvalue weighted by molar-refractivity contribution is 0.292. The van der Waals surface area contributed by atoms with E-state index in [-0.39, 0.29) is 0 Å². The third-order valence-corrected chi connectivity index (χ3v) is 2.72. The maximum atomic E-state index is 5.59. The second-order valence-electron chi connectivity index (χ2n) is 3.51. The Morgan fingerprint density at radius 1 is 1.38 bits per heavy atom. The van der Waals surface area contributed by atoms with E-state index in [1.54, 1.807) is 13.2 Å². The molecule has 0 amide bonds. The molecule has 0 fully saturated rings. The average Bonchev–Trinajstić information content (AvgIpc) is 2.31. The Morgan fingerprint density at radius 2 is 2.19 bits per heavy atom. The number of ether oxygens (including phenoxy) is 1. The van der Waals surface area contributed by atoms with Crippen molar-refractivity contribution in [3.05, 3.63) is 10.7 Å². The monoisotopic (exact) mass is 287 g/mol. The molecular formula is C11H18BrN3O. The lowest BCUT2D eigenvalue weighted by atomic mass is 10.2. The van der Waals surface area contributed by atoms with Gasteiger partial charge in [-0.3, -0.25) is 0 Å². The predicted molar refractivity (Wildman–Crippen MR) is 68.9 cm³/mol. The molecule has 90 valence electrons. The van der Waals surface area contributed by atoms with E-state index in [9.17, 15) is 0 Å². The molecule has 0 aliphatic rings. The van der Waals surface area contributed by atoms with E-state index in [4.69, 9.17) is 4.74 Å². The van der Waals surface area contributed by atoms with Crippen LogP contribution in [0.2, 0.25) is 0 Å². The fourth-order valence-electron chi connectivity index (χ4n) is 1.27. The molecule has 0 saturated carbocycles. The molecule has 0 saturated heterocycles. The number of anilines is 1. The summed E-state index contributed by atoms with van der Waals surface area (Å²) in [6.07, 6.45) is 6.47. The highest BCUT2D eigenvalue weighted by Crippen LogP contribution is 2.22. The number of rotatable bonds is 7. The van der Waals surface area contributed by atoms with E-state index in [1.165, 1.54) is 19.3 Å². The van der Waals surface area contributed by atoms with Crippen molar-refractivity contribution >= 4 is 21.9 Å². The fraction of sp³-hybridized carbons (Fsp3) is 0.636. The second kappa shape index (κ2) is 7.44. The summed E-state index contributed by atoms with van der Waals surface area (Å²) >= 11 is 3.36. The number of nitrogens with zero attached hydrogens (tertiary/aromatic N) is 2. The van der Waals surface area contributed by atoms with Gasteiger partial charge in [-0.15, -0.1) is 0 Å². The molecule has 0 aromatic carbocycles. The van der Waals surface area contributed by atoms with Crippen LogP contribution in [0.3, 0.4) is 0 Å². The Hall–Kier alpha value is -0.840. The van der Waals surface area contributed by atoms with E-state index in [0.29, 0.717) is 18.4 Å². The first-order valence-corrected chi connectivity index (χ1v) is 6.40. The van der Waals surface area contributed by atoms with Crippen molar-refractivity contribution < 1.29 is 4.74 Å². The van der Waals surface area contributed by atoms with Gasteiger partial charge in [0.2, 0.25) is 11.8 Å². The van der Waals surface area contributed by atoms with Crippen LogP contribution in [0.25, 0.3) is 0 Å². The number of halogens is 1. The Bertz CT molecular complexity index is 320. The highest BCUT2D eigenvalue weighted by Gasteiger charge is 2.04. The highest BCUT2D eigenvalue weighted by molar-refractivity contribution is 9.10. The average molecular weight is 288 g/mol. The van der Waals surface area contributed by atoms with Crippen LogP contribution < -0.4 is 10.1 Å². The summed E-state index contributed by atoms with van der Waals surface area (Å²) in [7, 11) is 1.79. The zero-order valence-electron chi connectivity index (χ0n) is 9.79. The van der Waals surface area contributed by atoms with Gasteiger partial charge in [0.15, 0.2) is 0 Å². The molecule has 4 nitrogen and oxygen atoms in total. The summed E-state index contributed by atoms with van der Waals surface area (Å²) < 4.78 is 6.38. The molecule has 1 N–H and O–H groups in total. The van der Waals surface area contributed by atoms with Crippen molar-refractivity contribution in [2.24, 2.45) is 0 Å². The summed E-state index contributed by atoms with van der Waals surface area (Å²) in [5.74, 6) is 1.18. The Morgan fingerprint density at radius 3 is 2.88 bits per heavy atom. The summed E-state index contributed by atoms with van der Waals surface area (Å²) in [6, 6.07) is 0. The van der Waals surface area contributed by atoms with E-state index in [2.05, 4.69) is 38.1 Å². The quantitative estimate of drug-likeness (QED) is 0.782. The van der Waals surface area contributed by atoms with Gasteiger partial charge in [0.05, 0.1) is 17.3 Å². The van der Waals surface area contributed by atoms with Crippen molar-refractivity contribution in [1.82, 2.24) is 9.97 Å². The van der Waals surface area contributed by atoms with Crippen LogP contribution in [0, 0.1) is 0 Å². The van der Waals surface area contributed by atoms with Gasteiger partial charge in [-0.1, -0.05) is 26.2 Å². The standard InChI is InChI=1S/C11H18BrN3O/c1-3-4-5-6-7-16-10-9(12)8-14-11(13-2)15-10/h8H,3-7H2,1-2H3,(H,13,14,15). The van der Waals surface area contributed by atoms with Crippen LogP contribution in [0.1, 0.15) is 32.6 Å². The minimum atomic E-state index is 0.576. The van der Waals surface area contributed by atoms with Gasteiger partial charge in [-0.25, -0.2) is 4.98 Å². The molecule has 1 rings (SSSR count). The number of hydrogen-bond acceptors (Lipinski definition) is 4. The SMILES string of the molecule is CCCCCCOc1nc(NC)ncc1Br. The zero-order chi connectivity index (χ0) is 11.8. The van der Waals surface area contributed by atoms with E-state index >= 15 is 0 Å². The van der Waals surface area contributed by atoms with Crippen LogP contribution >= 0.6 is 15.9 Å². The largest absolute Gasteiger partial charge is 0.477 e. The molecule has 0 aliphatic carbocycles. The molecule has 1 aromatic heterocycles. The Balaban J connectivity index is 2.40. The van der Waals surface area contributed by atoms with Crippen LogP contribution in [0.4, 0.5) is 5.95 Å². The van der Waals surface area contributed by atoms with Crippen molar-refractivity contribution in [3.63, 3.8) is 0 Å². The summed E-state index contributed by atoms with van der Waals surface area (Å²) in [6.45, 7) is 2.90. The van der Waals surface area contributed by atoms with Crippen LogP contribution in [-0.4, -0.2) is 23.6 Å². The normalized spacial score (nSPS) is 10.2. The second-order valence-corrected chi connectivity index (χ2v) is 4.36. The van der Waals surface area contributed by atoms with Crippen LogP contribution in [0.15, 0.2) is 10.7 Å². The lowest BCUT2D eigenvalue weighted by Gasteiger charge is -2.07.